The molecular formula is C19H19FN8. The van der Waals surface area contributed by atoms with Crippen LogP contribution in [0.1, 0.15) is 43.1 Å². The quantitative estimate of drug-likeness (QED) is 0.404. The minimum absolute atomic E-state index is 0.0765. The monoisotopic (exact) mass is 378 g/mol. The van der Waals surface area contributed by atoms with E-state index in [1.165, 1.54) is 0 Å². The number of pyridine rings is 1. The predicted octanol–water partition coefficient (Wildman–Crippen LogP) is 4.01. The smallest absolute Gasteiger partial charge is 0.225 e. The number of hydrogen-bond donors (Lipinski definition) is 4. The minimum Gasteiger partial charge on any atom is -0.360 e. The first-order valence-electron chi connectivity index (χ1n) is 9.21. The molecule has 0 amide bonds. The zero-order valence-electron chi connectivity index (χ0n) is 15.2. The highest BCUT2D eigenvalue weighted by Gasteiger charge is 2.25. The number of halogens is 1. The van der Waals surface area contributed by atoms with E-state index in [0.717, 1.165) is 41.5 Å². The van der Waals surface area contributed by atoms with Crippen LogP contribution in [0.4, 0.5) is 22.0 Å². The Morgan fingerprint density at radius 1 is 1.21 bits per heavy atom. The third-order valence-corrected chi connectivity index (χ3v) is 4.82. The molecule has 1 atom stereocenters. The summed E-state index contributed by atoms with van der Waals surface area (Å²) < 4.78 is 14.2. The van der Waals surface area contributed by atoms with Crippen LogP contribution < -0.4 is 10.6 Å². The van der Waals surface area contributed by atoms with Crippen molar-refractivity contribution in [1.82, 2.24) is 30.1 Å². The van der Waals surface area contributed by atoms with Crippen molar-refractivity contribution in [2.24, 2.45) is 0 Å². The molecule has 1 fully saturated rings. The normalized spacial score (nSPS) is 14.9. The first kappa shape index (κ1) is 16.7. The van der Waals surface area contributed by atoms with Crippen molar-refractivity contribution in [3.05, 3.63) is 53.9 Å². The van der Waals surface area contributed by atoms with Crippen molar-refractivity contribution in [1.29, 1.82) is 0 Å². The third-order valence-electron chi connectivity index (χ3n) is 4.82. The molecule has 0 saturated heterocycles. The minimum atomic E-state index is -0.541. The molecule has 28 heavy (non-hydrogen) atoms. The molecular weight excluding hydrogens is 359 g/mol. The Hall–Kier alpha value is -3.49. The van der Waals surface area contributed by atoms with E-state index >= 15 is 0 Å². The van der Waals surface area contributed by atoms with Gasteiger partial charge in [-0.05, 0) is 38.0 Å². The van der Waals surface area contributed by atoms with Crippen LogP contribution in [-0.4, -0.2) is 30.1 Å². The van der Waals surface area contributed by atoms with Crippen molar-refractivity contribution in [2.45, 2.75) is 31.7 Å². The van der Waals surface area contributed by atoms with Crippen LogP contribution in [0.25, 0.3) is 11.0 Å². The lowest BCUT2D eigenvalue weighted by Crippen LogP contribution is -2.12. The molecule has 9 heteroatoms. The maximum absolute atomic E-state index is 14.2. The fraction of sp³-hybridized carbons (Fsp3) is 0.263. The van der Waals surface area contributed by atoms with E-state index in [9.17, 15) is 4.39 Å². The van der Waals surface area contributed by atoms with Crippen molar-refractivity contribution < 1.29 is 4.39 Å². The fourth-order valence-corrected chi connectivity index (χ4v) is 3.11. The summed E-state index contributed by atoms with van der Waals surface area (Å²) in [5.41, 5.74) is 3.77. The summed E-state index contributed by atoms with van der Waals surface area (Å²) in [7, 11) is 0. The van der Waals surface area contributed by atoms with E-state index < -0.39 is 5.82 Å². The Morgan fingerprint density at radius 3 is 2.96 bits per heavy atom. The standard InChI is InChI=1S/C19H19FN8/c1-10(13-4-5-14-15(24-13)6-7-21-14)23-19-22-9-12(20)18(26-19)25-17-8-16(27-28-17)11-2-3-11/h4-11,21H,2-3H2,1H3,(H3,22,23,25,26,27,28)/t10-/m0/s1. The Kier molecular flexibility index (Phi) is 3.92. The number of nitrogens with zero attached hydrogens (tertiary/aromatic N) is 4. The van der Waals surface area contributed by atoms with Crippen LogP contribution in [0.3, 0.4) is 0 Å². The number of aromatic amines is 2. The highest BCUT2D eigenvalue weighted by molar-refractivity contribution is 5.74. The zero-order chi connectivity index (χ0) is 19.1. The molecule has 1 aliphatic carbocycles. The van der Waals surface area contributed by atoms with Gasteiger partial charge >= 0.3 is 0 Å². The number of hydrogen-bond acceptors (Lipinski definition) is 6. The molecule has 0 aliphatic heterocycles. The molecule has 1 saturated carbocycles. The second-order valence-electron chi connectivity index (χ2n) is 7.01. The molecule has 4 aromatic heterocycles. The second-order valence-corrected chi connectivity index (χ2v) is 7.01. The number of aromatic nitrogens is 6. The highest BCUT2D eigenvalue weighted by Crippen LogP contribution is 2.39. The van der Waals surface area contributed by atoms with Gasteiger partial charge in [-0.1, -0.05) is 0 Å². The fourth-order valence-electron chi connectivity index (χ4n) is 3.11. The number of anilines is 3. The summed E-state index contributed by atoms with van der Waals surface area (Å²) in [6.07, 6.45) is 5.32. The predicted molar refractivity (Wildman–Crippen MR) is 104 cm³/mol. The highest BCUT2D eigenvalue weighted by atomic mass is 19.1. The van der Waals surface area contributed by atoms with Gasteiger partial charge in [-0.15, -0.1) is 0 Å². The summed E-state index contributed by atoms with van der Waals surface area (Å²) in [4.78, 5) is 16.0. The Morgan fingerprint density at radius 2 is 2.11 bits per heavy atom. The lowest BCUT2D eigenvalue weighted by molar-refractivity contribution is 0.618. The topological polar surface area (TPSA) is 107 Å². The molecule has 0 unspecified atom stereocenters. The SMILES string of the molecule is C[C@H](Nc1ncc(F)c(Nc2cc(C3CC3)[nH]n2)n1)c1ccc2[nH]ccc2n1. The lowest BCUT2D eigenvalue weighted by Gasteiger charge is -2.14. The zero-order valence-corrected chi connectivity index (χ0v) is 15.2. The second kappa shape index (κ2) is 6.59. The molecule has 142 valence electrons. The Labute approximate surface area is 160 Å². The van der Waals surface area contributed by atoms with E-state index in [1.807, 2.05) is 37.4 Å². The summed E-state index contributed by atoms with van der Waals surface area (Å²) >= 11 is 0. The molecule has 0 bridgehead atoms. The lowest BCUT2D eigenvalue weighted by atomic mass is 10.2. The van der Waals surface area contributed by atoms with Crippen LogP contribution >= 0.6 is 0 Å². The molecule has 4 heterocycles. The van der Waals surface area contributed by atoms with Gasteiger partial charge in [0.15, 0.2) is 17.5 Å². The molecule has 8 nitrogen and oxygen atoms in total. The molecule has 0 spiro atoms. The van der Waals surface area contributed by atoms with Crippen molar-refractivity contribution in [2.75, 3.05) is 10.6 Å². The van der Waals surface area contributed by atoms with Gasteiger partial charge in [0.05, 0.1) is 29.0 Å². The first-order valence-corrected chi connectivity index (χ1v) is 9.21. The summed E-state index contributed by atoms with van der Waals surface area (Å²) in [5, 5.41) is 13.3. The number of rotatable bonds is 6. The van der Waals surface area contributed by atoms with Crippen LogP contribution in [0.2, 0.25) is 0 Å². The average molecular weight is 378 g/mol. The molecule has 4 aromatic rings. The maximum Gasteiger partial charge on any atom is 0.225 e. The first-order chi connectivity index (χ1) is 13.7. The van der Waals surface area contributed by atoms with E-state index in [0.29, 0.717) is 17.7 Å². The van der Waals surface area contributed by atoms with Crippen LogP contribution in [0.15, 0.2) is 36.7 Å². The van der Waals surface area contributed by atoms with Gasteiger partial charge in [0.2, 0.25) is 5.95 Å². The third kappa shape index (κ3) is 3.26. The number of H-pyrrole nitrogens is 2. The summed E-state index contributed by atoms with van der Waals surface area (Å²) in [5.74, 6) is 0.929. The van der Waals surface area contributed by atoms with Crippen LogP contribution in [0.5, 0.6) is 0 Å². The van der Waals surface area contributed by atoms with Crippen molar-refractivity contribution >= 4 is 28.6 Å². The molecule has 4 N–H and O–H groups in total. The largest absolute Gasteiger partial charge is 0.360 e. The average Bonchev–Trinajstić information content (AvgIpc) is 3.25. The van der Waals surface area contributed by atoms with Gasteiger partial charge in [0.25, 0.3) is 0 Å². The van der Waals surface area contributed by atoms with E-state index in [1.54, 1.807) is 0 Å². The van der Waals surface area contributed by atoms with Gasteiger partial charge in [-0.2, -0.15) is 10.1 Å². The maximum atomic E-state index is 14.2. The van der Waals surface area contributed by atoms with Gasteiger partial charge in [-0.25, -0.2) is 14.4 Å². The van der Waals surface area contributed by atoms with E-state index in [2.05, 4.69) is 40.8 Å². The summed E-state index contributed by atoms with van der Waals surface area (Å²) in [6.45, 7) is 1.95. The molecule has 0 radical (unpaired) electrons. The van der Waals surface area contributed by atoms with Crippen molar-refractivity contribution in [3.63, 3.8) is 0 Å². The molecule has 0 aromatic carbocycles. The van der Waals surface area contributed by atoms with Crippen LogP contribution in [-0.2, 0) is 0 Å². The van der Waals surface area contributed by atoms with Gasteiger partial charge in [-0.3, -0.25) is 5.10 Å². The molecule has 1 aliphatic rings. The van der Waals surface area contributed by atoms with Gasteiger partial charge < -0.3 is 15.6 Å². The van der Waals surface area contributed by atoms with E-state index in [4.69, 9.17) is 0 Å². The Balaban J connectivity index is 1.33. The van der Waals surface area contributed by atoms with Gasteiger partial charge in [0, 0.05) is 23.9 Å². The number of nitrogens with one attached hydrogen (secondary N) is 4. The summed E-state index contributed by atoms with van der Waals surface area (Å²) in [6, 6.07) is 7.57. The Bertz CT molecular complexity index is 1130. The van der Waals surface area contributed by atoms with E-state index in [-0.39, 0.29) is 11.9 Å². The molecule has 5 rings (SSSR count). The van der Waals surface area contributed by atoms with Crippen molar-refractivity contribution in [3.8, 4) is 0 Å². The number of fused-ring (bicyclic) bond motifs is 1. The van der Waals surface area contributed by atoms with Crippen LogP contribution in [0, 0.1) is 5.82 Å². The van der Waals surface area contributed by atoms with Gasteiger partial charge in [0.1, 0.15) is 0 Å².